The molecule has 0 unspecified atom stereocenters. The number of imidazole rings is 1. The number of benzene rings is 3. The van der Waals surface area contributed by atoms with E-state index in [1.54, 1.807) is 24.7 Å². The minimum Gasteiger partial charge on any atom is -0.487 e. The average molecular weight is 456 g/mol. The van der Waals surface area contributed by atoms with Crippen LogP contribution >= 0.6 is 0 Å². The second-order valence-corrected chi connectivity index (χ2v) is 8.87. The molecule has 7 heteroatoms. The Kier molecular flexibility index (Phi) is 5.32. The fourth-order valence-corrected chi connectivity index (χ4v) is 4.19. The highest BCUT2D eigenvalue weighted by Gasteiger charge is 2.34. The normalized spacial score (nSPS) is 14.2. The first kappa shape index (κ1) is 21.7. The van der Waals surface area contributed by atoms with Crippen molar-refractivity contribution in [2.24, 2.45) is 0 Å². The Hall–Kier alpha value is -4.13. The number of esters is 2. The molecule has 0 fully saturated rings. The lowest BCUT2D eigenvalue weighted by Crippen LogP contribution is -2.33. The van der Waals surface area contributed by atoms with Gasteiger partial charge in [-0.15, -0.1) is 0 Å². The summed E-state index contributed by atoms with van der Waals surface area (Å²) in [6.07, 6.45) is 6.54. The summed E-state index contributed by atoms with van der Waals surface area (Å²) in [5, 5.41) is 1.44. The number of nitrogens with zero attached hydrogens (tertiary/aromatic N) is 2. The summed E-state index contributed by atoms with van der Waals surface area (Å²) in [4.78, 5) is 29.2. The van der Waals surface area contributed by atoms with Crippen molar-refractivity contribution in [2.75, 3.05) is 0 Å². The van der Waals surface area contributed by atoms with E-state index in [4.69, 9.17) is 14.2 Å². The molecule has 0 atom stereocenters. The average Bonchev–Trinajstić information content (AvgIpc) is 3.35. The molecule has 4 aromatic rings. The summed E-state index contributed by atoms with van der Waals surface area (Å²) < 4.78 is 19.7. The van der Waals surface area contributed by atoms with E-state index < -0.39 is 11.9 Å². The van der Waals surface area contributed by atoms with Crippen LogP contribution in [0.25, 0.3) is 16.5 Å². The lowest BCUT2D eigenvalue weighted by Gasteiger charge is -2.34. The molecule has 0 bridgehead atoms. The fraction of sp³-hybridized carbons (Fsp3) is 0.222. The Morgan fingerprint density at radius 2 is 1.74 bits per heavy atom. The zero-order valence-corrected chi connectivity index (χ0v) is 19.2. The quantitative estimate of drug-likeness (QED) is 0.307. The third-order valence-electron chi connectivity index (χ3n) is 5.87. The van der Waals surface area contributed by atoms with Crippen molar-refractivity contribution in [1.82, 2.24) is 9.55 Å². The van der Waals surface area contributed by atoms with Gasteiger partial charge >= 0.3 is 11.9 Å². The lowest BCUT2D eigenvalue weighted by atomic mass is 9.91. The van der Waals surface area contributed by atoms with Gasteiger partial charge in [-0.1, -0.05) is 24.3 Å². The van der Waals surface area contributed by atoms with E-state index in [0.717, 1.165) is 23.1 Å². The molecule has 5 rings (SSSR count). The molecule has 1 aliphatic heterocycles. The van der Waals surface area contributed by atoms with E-state index in [1.807, 2.05) is 61.0 Å². The predicted molar refractivity (Wildman–Crippen MR) is 127 cm³/mol. The van der Waals surface area contributed by atoms with Crippen LogP contribution in [0.15, 0.2) is 67.3 Å². The third-order valence-corrected chi connectivity index (χ3v) is 5.87. The van der Waals surface area contributed by atoms with Crippen molar-refractivity contribution < 1.29 is 23.8 Å². The molecule has 1 aromatic heterocycles. The van der Waals surface area contributed by atoms with Crippen LogP contribution in [-0.4, -0.2) is 27.1 Å². The second kappa shape index (κ2) is 8.33. The highest BCUT2D eigenvalue weighted by molar-refractivity contribution is 6.01. The van der Waals surface area contributed by atoms with E-state index in [1.165, 1.54) is 6.92 Å². The van der Waals surface area contributed by atoms with E-state index in [9.17, 15) is 9.59 Å². The summed E-state index contributed by atoms with van der Waals surface area (Å²) in [6.45, 7) is 5.38. The Bertz CT molecular complexity index is 1390. The monoisotopic (exact) mass is 456 g/mol. The maximum atomic E-state index is 13.2. The number of fused-ring (bicyclic) bond motifs is 3. The van der Waals surface area contributed by atoms with Gasteiger partial charge in [0.1, 0.15) is 11.4 Å². The van der Waals surface area contributed by atoms with Crippen LogP contribution < -0.4 is 14.2 Å². The number of aromatic nitrogens is 2. The molecule has 7 nitrogen and oxygen atoms in total. The number of carbonyl (C=O) groups excluding carboxylic acids is 2. The molecule has 0 spiro atoms. The minimum atomic E-state index is -0.548. The number of hydrogen-bond donors (Lipinski definition) is 0. The summed E-state index contributed by atoms with van der Waals surface area (Å²) >= 11 is 0. The van der Waals surface area contributed by atoms with Crippen LogP contribution in [0.2, 0.25) is 0 Å². The van der Waals surface area contributed by atoms with Gasteiger partial charge in [-0.25, -0.2) is 9.78 Å². The first-order valence-electron chi connectivity index (χ1n) is 11.1. The SMILES string of the molecule is CC(=O)Oc1c2c(c3ccccc3c1OC(=O)c1ccc(-n3ccnc3)cc1)OC(C)(C)CC2. The van der Waals surface area contributed by atoms with Crippen LogP contribution in [0.5, 0.6) is 17.2 Å². The third kappa shape index (κ3) is 4.01. The molecule has 2 heterocycles. The number of hydrogen-bond acceptors (Lipinski definition) is 6. The van der Waals surface area contributed by atoms with Gasteiger partial charge in [0.15, 0.2) is 11.5 Å². The van der Waals surface area contributed by atoms with Crippen molar-refractivity contribution in [3.8, 4) is 22.9 Å². The molecule has 0 saturated heterocycles. The zero-order chi connectivity index (χ0) is 23.9. The number of carbonyl (C=O) groups is 2. The van der Waals surface area contributed by atoms with E-state index in [0.29, 0.717) is 23.1 Å². The number of rotatable bonds is 4. The van der Waals surface area contributed by atoms with Gasteiger partial charge in [0.25, 0.3) is 0 Å². The largest absolute Gasteiger partial charge is 0.487 e. The van der Waals surface area contributed by atoms with Crippen molar-refractivity contribution in [3.63, 3.8) is 0 Å². The van der Waals surface area contributed by atoms with E-state index in [-0.39, 0.29) is 17.1 Å². The molecule has 0 amide bonds. The van der Waals surface area contributed by atoms with Crippen LogP contribution in [0.3, 0.4) is 0 Å². The lowest BCUT2D eigenvalue weighted by molar-refractivity contribution is -0.132. The smallest absolute Gasteiger partial charge is 0.343 e. The van der Waals surface area contributed by atoms with Crippen LogP contribution in [0.1, 0.15) is 43.1 Å². The molecular weight excluding hydrogens is 432 g/mol. The Balaban J connectivity index is 1.59. The Morgan fingerprint density at radius 1 is 1.00 bits per heavy atom. The van der Waals surface area contributed by atoms with Crippen molar-refractivity contribution in [2.45, 2.75) is 39.2 Å². The summed E-state index contributed by atoms with van der Waals surface area (Å²) in [6, 6.07) is 14.5. The summed E-state index contributed by atoms with van der Waals surface area (Å²) in [5.41, 5.74) is 1.61. The first-order valence-corrected chi connectivity index (χ1v) is 11.1. The molecule has 1 aliphatic rings. The molecule has 0 N–H and O–H groups in total. The van der Waals surface area contributed by atoms with Crippen LogP contribution in [0.4, 0.5) is 0 Å². The van der Waals surface area contributed by atoms with E-state index >= 15 is 0 Å². The van der Waals surface area contributed by atoms with Crippen LogP contribution in [-0.2, 0) is 11.2 Å². The van der Waals surface area contributed by atoms with Crippen LogP contribution in [0, 0.1) is 0 Å². The van der Waals surface area contributed by atoms with Gasteiger partial charge in [0.05, 0.1) is 11.9 Å². The maximum absolute atomic E-state index is 13.2. The molecule has 0 saturated carbocycles. The summed E-state index contributed by atoms with van der Waals surface area (Å²) in [7, 11) is 0. The molecule has 34 heavy (non-hydrogen) atoms. The number of ether oxygens (including phenoxy) is 3. The Labute approximate surface area is 196 Å². The highest BCUT2D eigenvalue weighted by atomic mass is 16.6. The maximum Gasteiger partial charge on any atom is 0.343 e. The molecule has 172 valence electrons. The predicted octanol–water partition coefficient (Wildman–Crippen LogP) is 5.27. The minimum absolute atomic E-state index is 0.219. The van der Waals surface area contributed by atoms with Crippen molar-refractivity contribution in [3.05, 3.63) is 78.4 Å². The highest BCUT2D eigenvalue weighted by Crippen LogP contribution is 2.50. The molecule has 0 radical (unpaired) electrons. The van der Waals surface area contributed by atoms with Crippen molar-refractivity contribution in [1.29, 1.82) is 0 Å². The molecular formula is C27H24N2O5. The van der Waals surface area contributed by atoms with E-state index in [2.05, 4.69) is 4.98 Å². The topological polar surface area (TPSA) is 79.7 Å². The van der Waals surface area contributed by atoms with Gasteiger partial charge in [-0.05, 0) is 51.0 Å². The molecule has 0 aliphatic carbocycles. The van der Waals surface area contributed by atoms with Gasteiger partial charge < -0.3 is 18.8 Å². The van der Waals surface area contributed by atoms with Gasteiger partial charge in [-0.2, -0.15) is 0 Å². The van der Waals surface area contributed by atoms with Gasteiger partial charge in [0.2, 0.25) is 0 Å². The summed E-state index contributed by atoms with van der Waals surface area (Å²) in [5.74, 6) is 0.0706. The Morgan fingerprint density at radius 3 is 2.41 bits per heavy atom. The second-order valence-electron chi connectivity index (χ2n) is 8.87. The fourth-order valence-electron chi connectivity index (χ4n) is 4.19. The van der Waals surface area contributed by atoms with Crippen molar-refractivity contribution >= 4 is 22.7 Å². The van der Waals surface area contributed by atoms with Gasteiger partial charge in [-0.3, -0.25) is 4.79 Å². The van der Waals surface area contributed by atoms with Gasteiger partial charge in [0, 0.05) is 41.3 Å². The standard InChI is InChI=1S/C27H24N2O5/c1-17(30)32-25-22-12-13-27(2,3)34-23(22)20-6-4-5-7-21(20)24(25)33-26(31)18-8-10-19(11-9-18)29-15-14-28-16-29/h4-11,14-16H,12-13H2,1-3H3. The first-order chi connectivity index (χ1) is 16.3. The zero-order valence-electron chi connectivity index (χ0n) is 19.2. The molecule has 3 aromatic carbocycles.